The van der Waals surface area contributed by atoms with Crippen molar-refractivity contribution >= 4 is 29.2 Å². The summed E-state index contributed by atoms with van der Waals surface area (Å²) in [7, 11) is 1.68. The molecule has 1 N–H and O–H groups in total. The van der Waals surface area contributed by atoms with E-state index in [1.165, 1.54) is 17.5 Å². The number of hydrogen-bond donors (Lipinski definition) is 1. The maximum atomic E-state index is 6.11. The van der Waals surface area contributed by atoms with Gasteiger partial charge in [0.2, 0.25) is 0 Å². The van der Waals surface area contributed by atoms with Crippen molar-refractivity contribution in [1.82, 2.24) is 0 Å². The molecule has 0 unspecified atom stereocenters. The predicted octanol–water partition coefficient (Wildman–Crippen LogP) is 5.08. The summed E-state index contributed by atoms with van der Waals surface area (Å²) in [5.74, 6) is 0.864. The van der Waals surface area contributed by atoms with E-state index in [4.69, 9.17) is 16.3 Å². The Morgan fingerprint density at radius 1 is 1.16 bits per heavy atom. The molecule has 0 fully saturated rings. The quantitative estimate of drug-likeness (QED) is 0.794. The minimum atomic E-state index is 0.766. The SMILES string of the molecule is COc1ccc(C)cc1SNc1cccc(Cl)c1C. The van der Waals surface area contributed by atoms with Crippen LogP contribution in [-0.2, 0) is 0 Å². The molecule has 2 aromatic rings. The van der Waals surface area contributed by atoms with Gasteiger partial charge in [0.05, 0.1) is 12.0 Å². The first-order valence-electron chi connectivity index (χ1n) is 5.94. The average molecular weight is 294 g/mol. The van der Waals surface area contributed by atoms with E-state index >= 15 is 0 Å². The van der Waals surface area contributed by atoms with Crippen molar-refractivity contribution in [2.24, 2.45) is 0 Å². The molecule has 0 aliphatic carbocycles. The summed E-state index contributed by atoms with van der Waals surface area (Å²) in [4.78, 5) is 1.06. The summed E-state index contributed by atoms with van der Waals surface area (Å²) in [6.45, 7) is 4.06. The number of hydrogen-bond acceptors (Lipinski definition) is 3. The van der Waals surface area contributed by atoms with Crippen LogP contribution >= 0.6 is 23.5 Å². The largest absolute Gasteiger partial charge is 0.496 e. The Balaban J connectivity index is 2.18. The van der Waals surface area contributed by atoms with Gasteiger partial charge in [0.1, 0.15) is 5.75 Å². The fourth-order valence-electron chi connectivity index (χ4n) is 1.69. The number of nitrogens with one attached hydrogen (secondary N) is 1. The van der Waals surface area contributed by atoms with Crippen LogP contribution in [0.15, 0.2) is 41.3 Å². The normalized spacial score (nSPS) is 10.3. The average Bonchev–Trinajstić information content (AvgIpc) is 2.40. The molecule has 0 heterocycles. The van der Waals surface area contributed by atoms with E-state index in [2.05, 4.69) is 17.7 Å². The lowest BCUT2D eigenvalue weighted by Crippen LogP contribution is -1.93. The number of aryl methyl sites for hydroxylation is 1. The third-order valence-electron chi connectivity index (χ3n) is 2.86. The van der Waals surface area contributed by atoms with Gasteiger partial charge in [0, 0.05) is 10.7 Å². The van der Waals surface area contributed by atoms with Gasteiger partial charge in [0.25, 0.3) is 0 Å². The molecule has 0 radical (unpaired) electrons. The highest BCUT2D eigenvalue weighted by Crippen LogP contribution is 2.33. The van der Waals surface area contributed by atoms with Gasteiger partial charge in [-0.3, -0.25) is 0 Å². The third-order valence-corrected chi connectivity index (χ3v) is 4.13. The van der Waals surface area contributed by atoms with Crippen molar-refractivity contribution in [2.75, 3.05) is 11.8 Å². The van der Waals surface area contributed by atoms with Crippen molar-refractivity contribution in [3.05, 3.63) is 52.5 Å². The van der Waals surface area contributed by atoms with E-state index in [1.54, 1.807) is 7.11 Å². The Labute approximate surface area is 123 Å². The van der Waals surface area contributed by atoms with Crippen LogP contribution < -0.4 is 9.46 Å². The van der Waals surface area contributed by atoms with Crippen LogP contribution in [0.1, 0.15) is 11.1 Å². The minimum absolute atomic E-state index is 0.766. The first kappa shape index (κ1) is 14.1. The van der Waals surface area contributed by atoms with Crippen molar-refractivity contribution in [2.45, 2.75) is 18.7 Å². The van der Waals surface area contributed by atoms with Gasteiger partial charge in [-0.15, -0.1) is 0 Å². The molecule has 0 aliphatic heterocycles. The zero-order valence-corrected chi connectivity index (χ0v) is 12.7. The van der Waals surface area contributed by atoms with Gasteiger partial charge < -0.3 is 9.46 Å². The van der Waals surface area contributed by atoms with Crippen molar-refractivity contribution in [3.8, 4) is 5.75 Å². The molecule has 0 bridgehead atoms. The molecule has 0 aromatic heterocycles. The number of benzene rings is 2. The summed E-state index contributed by atoms with van der Waals surface area (Å²) in [6.07, 6.45) is 0. The number of anilines is 1. The molecule has 0 amide bonds. The molecule has 2 rings (SSSR count). The summed E-state index contributed by atoms with van der Waals surface area (Å²) >= 11 is 7.63. The highest BCUT2D eigenvalue weighted by atomic mass is 35.5. The topological polar surface area (TPSA) is 21.3 Å². The number of halogens is 1. The molecule has 4 heteroatoms. The van der Waals surface area contributed by atoms with Crippen LogP contribution in [0.5, 0.6) is 5.75 Å². The Hall–Kier alpha value is -1.32. The van der Waals surface area contributed by atoms with E-state index in [9.17, 15) is 0 Å². The second-order valence-electron chi connectivity index (χ2n) is 4.27. The maximum Gasteiger partial charge on any atom is 0.134 e. The number of rotatable bonds is 4. The van der Waals surface area contributed by atoms with E-state index in [0.29, 0.717) is 0 Å². The highest BCUT2D eigenvalue weighted by Gasteiger charge is 2.06. The zero-order valence-electron chi connectivity index (χ0n) is 11.2. The van der Waals surface area contributed by atoms with Gasteiger partial charge in [0.15, 0.2) is 0 Å². The van der Waals surface area contributed by atoms with E-state index < -0.39 is 0 Å². The Kier molecular flexibility index (Phi) is 4.61. The maximum absolute atomic E-state index is 6.11. The molecule has 2 nitrogen and oxygen atoms in total. The van der Waals surface area contributed by atoms with Crippen LogP contribution in [0.25, 0.3) is 0 Å². The lowest BCUT2D eigenvalue weighted by Gasteiger charge is -2.12. The van der Waals surface area contributed by atoms with Crippen molar-refractivity contribution in [1.29, 1.82) is 0 Å². The Morgan fingerprint density at radius 2 is 1.95 bits per heavy atom. The summed E-state index contributed by atoms with van der Waals surface area (Å²) < 4.78 is 8.68. The number of ether oxygens (including phenoxy) is 1. The van der Waals surface area contributed by atoms with Gasteiger partial charge in [-0.25, -0.2) is 0 Å². The molecule has 0 aliphatic rings. The molecule has 0 atom stereocenters. The van der Waals surface area contributed by atoms with Crippen LogP contribution in [0, 0.1) is 13.8 Å². The second kappa shape index (κ2) is 6.22. The molecule has 19 heavy (non-hydrogen) atoms. The van der Waals surface area contributed by atoms with Gasteiger partial charge in [-0.1, -0.05) is 23.7 Å². The van der Waals surface area contributed by atoms with Crippen molar-refractivity contribution < 1.29 is 4.74 Å². The Morgan fingerprint density at radius 3 is 2.68 bits per heavy atom. The van der Waals surface area contributed by atoms with Gasteiger partial charge in [-0.05, 0) is 61.2 Å². The first-order valence-corrected chi connectivity index (χ1v) is 7.14. The van der Waals surface area contributed by atoms with E-state index in [-0.39, 0.29) is 0 Å². The summed E-state index contributed by atoms with van der Waals surface area (Å²) in [6, 6.07) is 11.9. The summed E-state index contributed by atoms with van der Waals surface area (Å²) in [5, 5.41) is 0.766. The van der Waals surface area contributed by atoms with Crippen LogP contribution in [0.4, 0.5) is 5.69 Å². The first-order chi connectivity index (χ1) is 9.11. The lowest BCUT2D eigenvalue weighted by atomic mass is 10.2. The van der Waals surface area contributed by atoms with Crippen LogP contribution in [0.3, 0.4) is 0 Å². The van der Waals surface area contributed by atoms with Crippen LogP contribution in [0.2, 0.25) is 5.02 Å². The van der Waals surface area contributed by atoms with Gasteiger partial charge >= 0.3 is 0 Å². The van der Waals surface area contributed by atoms with E-state index in [0.717, 1.165) is 26.9 Å². The predicted molar refractivity (Wildman–Crippen MR) is 83.4 cm³/mol. The van der Waals surface area contributed by atoms with Crippen LogP contribution in [-0.4, -0.2) is 7.11 Å². The minimum Gasteiger partial charge on any atom is -0.496 e. The number of methoxy groups -OCH3 is 1. The monoisotopic (exact) mass is 293 g/mol. The molecule has 0 saturated carbocycles. The fraction of sp³-hybridized carbons (Fsp3) is 0.200. The smallest absolute Gasteiger partial charge is 0.134 e. The molecule has 0 spiro atoms. The summed E-state index contributed by atoms with van der Waals surface area (Å²) in [5.41, 5.74) is 3.26. The van der Waals surface area contributed by atoms with E-state index in [1.807, 2.05) is 37.3 Å². The lowest BCUT2D eigenvalue weighted by molar-refractivity contribution is 0.404. The molecular weight excluding hydrogens is 278 g/mol. The molecule has 100 valence electrons. The standard InChI is InChI=1S/C15H16ClNOS/c1-10-7-8-14(18-3)15(9-10)19-17-13-6-4-5-12(16)11(13)2/h4-9,17H,1-3H3. The zero-order chi connectivity index (χ0) is 13.8. The Bertz CT molecular complexity index is 586. The van der Waals surface area contributed by atoms with Gasteiger partial charge in [-0.2, -0.15) is 0 Å². The molecular formula is C15H16ClNOS. The fourth-order valence-corrected chi connectivity index (χ4v) is 2.80. The second-order valence-corrected chi connectivity index (χ2v) is 5.53. The third kappa shape index (κ3) is 3.37. The molecule has 2 aromatic carbocycles. The van der Waals surface area contributed by atoms with Crippen molar-refractivity contribution in [3.63, 3.8) is 0 Å². The molecule has 0 saturated heterocycles. The highest BCUT2D eigenvalue weighted by molar-refractivity contribution is 8.00.